The van der Waals surface area contributed by atoms with Gasteiger partial charge in [0.25, 0.3) is 15.9 Å². The molecule has 0 bridgehead atoms. The van der Waals surface area contributed by atoms with Gasteiger partial charge in [0.15, 0.2) is 0 Å². The van der Waals surface area contributed by atoms with E-state index in [0.29, 0.717) is 70.2 Å². The van der Waals surface area contributed by atoms with Crippen LogP contribution in [0.1, 0.15) is 28.4 Å². The van der Waals surface area contributed by atoms with Gasteiger partial charge in [0.05, 0.1) is 48.0 Å². The number of hydrogen-bond donors (Lipinski definition) is 3. The van der Waals surface area contributed by atoms with Crippen molar-refractivity contribution in [3.05, 3.63) is 126 Å². The summed E-state index contributed by atoms with van der Waals surface area (Å²) in [6, 6.07) is 14.3. The average molecular weight is 802 g/mol. The summed E-state index contributed by atoms with van der Waals surface area (Å²) in [5.74, 6) is -5.64. The third-order valence-electron chi connectivity index (χ3n) is 8.79. The zero-order valence-corrected chi connectivity index (χ0v) is 31.4. The van der Waals surface area contributed by atoms with Crippen molar-refractivity contribution in [1.82, 2.24) is 20.3 Å². The fraction of sp³-hybridized carbons (Fsp3) is 0.175. The molecule has 13 nitrogen and oxygen atoms in total. The van der Waals surface area contributed by atoms with Gasteiger partial charge in [-0.3, -0.25) is 19.5 Å². The molecular formula is C40H34F3N5O8S. The average Bonchev–Trinajstić information content (AvgIpc) is 3.19. The van der Waals surface area contributed by atoms with Gasteiger partial charge in [0.1, 0.15) is 34.7 Å². The molecule has 0 fully saturated rings. The molecule has 0 aliphatic carbocycles. The molecular weight excluding hydrogens is 768 g/mol. The van der Waals surface area contributed by atoms with E-state index in [4.69, 9.17) is 14.2 Å². The van der Waals surface area contributed by atoms with Crippen molar-refractivity contribution in [3.63, 3.8) is 0 Å². The van der Waals surface area contributed by atoms with Crippen LogP contribution in [0.15, 0.2) is 96.3 Å². The van der Waals surface area contributed by atoms with E-state index in [-0.39, 0.29) is 16.8 Å². The number of benzene rings is 4. The Balaban J connectivity index is 1.23. The molecule has 0 radical (unpaired) electrons. The SMILES string of the molecule is CCOCc1cc(OC)c(-c2ccc(CC(NC(=O)c3c(F)cc(NS(=O)(=O)c4ccc(-c5ccnc(F)c5)cc4)cc3F)C(=O)O)c3nccnc23)c(OC)c1. The van der Waals surface area contributed by atoms with E-state index in [9.17, 15) is 27.5 Å². The van der Waals surface area contributed by atoms with Crippen LogP contribution in [0.5, 0.6) is 11.5 Å². The number of aliphatic carboxylic acids is 1. The van der Waals surface area contributed by atoms with Crippen LogP contribution in [0.2, 0.25) is 0 Å². The summed E-state index contributed by atoms with van der Waals surface area (Å²) in [7, 11) is -1.38. The molecule has 1 amide bonds. The molecule has 0 aliphatic rings. The molecule has 2 aromatic heterocycles. The minimum absolute atomic E-state index is 0.272. The largest absolute Gasteiger partial charge is 0.496 e. The lowest BCUT2D eigenvalue weighted by Gasteiger charge is -2.19. The zero-order valence-electron chi connectivity index (χ0n) is 30.5. The number of anilines is 1. The van der Waals surface area contributed by atoms with Crippen LogP contribution in [0, 0.1) is 17.6 Å². The molecule has 0 saturated heterocycles. The number of aromatic nitrogens is 3. The first-order valence-corrected chi connectivity index (χ1v) is 18.6. The van der Waals surface area contributed by atoms with Gasteiger partial charge in [0.2, 0.25) is 5.95 Å². The smallest absolute Gasteiger partial charge is 0.326 e. The number of carboxylic acid groups (broad SMARTS) is 1. The zero-order chi connectivity index (χ0) is 40.9. The van der Waals surface area contributed by atoms with Crippen molar-refractivity contribution in [3.8, 4) is 33.8 Å². The Morgan fingerprint density at radius 3 is 2.05 bits per heavy atom. The maximum absolute atomic E-state index is 15.3. The molecule has 6 rings (SSSR count). The number of nitrogens with zero attached hydrogens (tertiary/aromatic N) is 3. The Kier molecular flexibility index (Phi) is 12.0. The van der Waals surface area contributed by atoms with Crippen molar-refractivity contribution in [1.29, 1.82) is 0 Å². The summed E-state index contributed by atoms with van der Waals surface area (Å²) >= 11 is 0. The highest BCUT2D eigenvalue weighted by Gasteiger charge is 2.28. The lowest BCUT2D eigenvalue weighted by molar-refractivity contribution is -0.139. The molecule has 0 aliphatic heterocycles. The van der Waals surface area contributed by atoms with Crippen molar-refractivity contribution >= 4 is 38.6 Å². The standard InChI is InChI=1S/C40H34F3N5O8S/c1-4-56-21-22-15-32(54-2)35(33(16-22)55-3)28-10-7-25(37-38(28)46-14-13-45-37)17-31(40(50)51)47-39(49)36-29(41)19-26(20-30(36)42)48-57(52,53)27-8-5-23(6-9-27)24-11-12-44-34(43)18-24/h5-16,18-20,31,48H,4,17,21H2,1-3H3,(H,47,49)(H,50,51). The van der Waals surface area contributed by atoms with Crippen LogP contribution in [0.4, 0.5) is 18.9 Å². The Labute approximate surface area is 324 Å². The van der Waals surface area contributed by atoms with Crippen LogP contribution in [-0.2, 0) is 32.6 Å². The number of pyridine rings is 1. The second kappa shape index (κ2) is 17.1. The van der Waals surface area contributed by atoms with Crippen molar-refractivity contribution in [2.75, 3.05) is 25.5 Å². The summed E-state index contributed by atoms with van der Waals surface area (Å²) in [5.41, 5.74) is 2.14. The molecule has 17 heteroatoms. The number of hydrogen-bond acceptors (Lipinski definition) is 10. The van der Waals surface area contributed by atoms with Gasteiger partial charge in [-0.05, 0) is 71.6 Å². The highest BCUT2D eigenvalue weighted by atomic mass is 32.2. The summed E-state index contributed by atoms with van der Waals surface area (Å²) in [6.07, 6.45) is 3.74. The monoisotopic (exact) mass is 801 g/mol. The van der Waals surface area contributed by atoms with E-state index in [0.717, 1.165) is 5.56 Å². The molecule has 4 aromatic carbocycles. The van der Waals surface area contributed by atoms with Gasteiger partial charge in [0, 0.05) is 43.2 Å². The highest BCUT2D eigenvalue weighted by molar-refractivity contribution is 7.92. The number of methoxy groups -OCH3 is 2. The van der Waals surface area contributed by atoms with Gasteiger partial charge in [-0.2, -0.15) is 4.39 Å². The van der Waals surface area contributed by atoms with Crippen LogP contribution in [0.25, 0.3) is 33.3 Å². The second-order valence-corrected chi connectivity index (χ2v) is 14.1. The van der Waals surface area contributed by atoms with Gasteiger partial charge < -0.3 is 24.6 Å². The van der Waals surface area contributed by atoms with Crippen LogP contribution < -0.4 is 19.5 Å². The maximum Gasteiger partial charge on any atom is 0.326 e. The summed E-state index contributed by atoms with van der Waals surface area (Å²) in [5, 5.41) is 12.3. The number of nitrogens with one attached hydrogen (secondary N) is 2. The number of carbonyl (C=O) groups is 2. The topological polar surface area (TPSA) is 179 Å². The number of fused-ring (bicyclic) bond motifs is 1. The first kappa shape index (κ1) is 40.1. The number of rotatable bonds is 15. The highest BCUT2D eigenvalue weighted by Crippen LogP contribution is 2.42. The minimum Gasteiger partial charge on any atom is -0.496 e. The Morgan fingerprint density at radius 1 is 0.807 bits per heavy atom. The fourth-order valence-corrected chi connectivity index (χ4v) is 7.18. The third-order valence-corrected chi connectivity index (χ3v) is 10.2. The minimum atomic E-state index is -4.38. The lowest BCUT2D eigenvalue weighted by atomic mass is 9.95. The van der Waals surface area contributed by atoms with Crippen LogP contribution in [0.3, 0.4) is 0 Å². The number of amides is 1. The molecule has 0 spiro atoms. The third kappa shape index (κ3) is 8.79. The van der Waals surface area contributed by atoms with E-state index < -0.39 is 56.8 Å². The van der Waals surface area contributed by atoms with E-state index in [2.05, 4.69) is 25.0 Å². The van der Waals surface area contributed by atoms with E-state index in [1.807, 2.05) is 6.92 Å². The van der Waals surface area contributed by atoms with E-state index in [1.54, 1.807) is 24.3 Å². The molecule has 6 aromatic rings. The number of sulfonamides is 1. The molecule has 3 N–H and O–H groups in total. The summed E-state index contributed by atoms with van der Waals surface area (Å²) in [4.78, 5) is 37.8. The molecule has 1 atom stereocenters. The quantitative estimate of drug-likeness (QED) is 0.0959. The van der Waals surface area contributed by atoms with Gasteiger partial charge in [-0.15, -0.1) is 0 Å². The lowest BCUT2D eigenvalue weighted by Crippen LogP contribution is -2.43. The predicted octanol–water partition coefficient (Wildman–Crippen LogP) is 6.56. The van der Waals surface area contributed by atoms with Gasteiger partial charge in [-0.1, -0.05) is 24.3 Å². The van der Waals surface area contributed by atoms with E-state index >= 15 is 8.78 Å². The summed E-state index contributed by atoms with van der Waals surface area (Å²) < 4.78 is 89.3. The Hall–Kier alpha value is -6.59. The Bertz CT molecular complexity index is 2550. The number of ether oxygens (including phenoxy) is 3. The van der Waals surface area contributed by atoms with Crippen molar-refractivity contribution < 1.29 is 50.5 Å². The molecule has 1 unspecified atom stereocenters. The van der Waals surface area contributed by atoms with Gasteiger partial charge in [-0.25, -0.2) is 27.0 Å². The molecule has 294 valence electrons. The molecule has 57 heavy (non-hydrogen) atoms. The van der Waals surface area contributed by atoms with Crippen LogP contribution in [-0.4, -0.2) is 67.2 Å². The first-order valence-electron chi connectivity index (χ1n) is 17.2. The normalized spacial score (nSPS) is 11.9. The van der Waals surface area contributed by atoms with Crippen molar-refractivity contribution in [2.45, 2.75) is 30.9 Å². The molecule has 2 heterocycles. The van der Waals surface area contributed by atoms with Crippen LogP contribution >= 0.6 is 0 Å². The summed E-state index contributed by atoms with van der Waals surface area (Å²) in [6.45, 7) is 2.69. The molecule has 0 saturated carbocycles. The van der Waals surface area contributed by atoms with E-state index in [1.165, 1.54) is 69.2 Å². The predicted molar refractivity (Wildman–Crippen MR) is 203 cm³/mol. The number of halogens is 3. The van der Waals surface area contributed by atoms with Gasteiger partial charge >= 0.3 is 5.97 Å². The maximum atomic E-state index is 15.3. The Morgan fingerprint density at radius 2 is 1.46 bits per heavy atom. The number of carboxylic acids is 1. The first-order chi connectivity index (χ1) is 27.3. The fourth-order valence-electron chi connectivity index (χ4n) is 6.14. The van der Waals surface area contributed by atoms with Crippen molar-refractivity contribution in [2.24, 2.45) is 0 Å². The number of carbonyl (C=O) groups excluding carboxylic acids is 1. The second-order valence-electron chi connectivity index (χ2n) is 12.4.